The maximum absolute atomic E-state index is 12.2. The molecular formula is C13H17NO4S2. The van der Waals surface area contributed by atoms with E-state index in [1.54, 1.807) is 0 Å². The fraction of sp³-hybridized carbons (Fsp3) is 0.615. The summed E-state index contributed by atoms with van der Waals surface area (Å²) in [5, 5.41) is 10.2. The Labute approximate surface area is 122 Å². The molecule has 1 aromatic heterocycles. The molecule has 5 nitrogen and oxygen atoms in total. The van der Waals surface area contributed by atoms with Gasteiger partial charge in [0.1, 0.15) is 4.21 Å². The van der Waals surface area contributed by atoms with Crippen molar-refractivity contribution in [2.24, 2.45) is 17.8 Å². The minimum absolute atomic E-state index is 0.0244. The normalized spacial score (nSPS) is 19.4. The third-order valence-corrected chi connectivity index (χ3v) is 6.91. The van der Waals surface area contributed by atoms with E-state index in [2.05, 4.69) is 4.72 Å². The molecule has 1 aromatic rings. The van der Waals surface area contributed by atoms with Crippen molar-refractivity contribution >= 4 is 27.3 Å². The molecule has 2 N–H and O–H groups in total. The third kappa shape index (κ3) is 3.05. The topological polar surface area (TPSA) is 83.5 Å². The molecule has 2 fully saturated rings. The van der Waals surface area contributed by atoms with Crippen LogP contribution in [0, 0.1) is 17.8 Å². The van der Waals surface area contributed by atoms with E-state index in [9.17, 15) is 13.2 Å². The van der Waals surface area contributed by atoms with Crippen LogP contribution in [0.5, 0.6) is 0 Å². The van der Waals surface area contributed by atoms with Crippen LogP contribution in [0.15, 0.2) is 15.7 Å². The molecule has 0 unspecified atom stereocenters. The Morgan fingerprint density at radius 1 is 1.35 bits per heavy atom. The van der Waals surface area contributed by atoms with Crippen molar-refractivity contribution in [3.8, 4) is 0 Å². The van der Waals surface area contributed by atoms with Gasteiger partial charge in [0.15, 0.2) is 0 Å². The molecular weight excluding hydrogens is 298 g/mol. The average Bonchev–Trinajstić information content (AvgIpc) is 3.30. The first-order valence-electron chi connectivity index (χ1n) is 6.79. The summed E-state index contributed by atoms with van der Waals surface area (Å²) < 4.78 is 27.1. The molecule has 0 aliphatic heterocycles. The number of aromatic carboxylic acids is 1. The monoisotopic (exact) mass is 315 g/mol. The second kappa shape index (κ2) is 5.13. The minimum atomic E-state index is -3.57. The van der Waals surface area contributed by atoms with E-state index < -0.39 is 16.0 Å². The first-order chi connectivity index (χ1) is 9.47. The third-order valence-electron chi connectivity index (χ3n) is 4.05. The van der Waals surface area contributed by atoms with E-state index in [1.807, 2.05) is 0 Å². The number of carboxylic acid groups (broad SMARTS) is 1. The van der Waals surface area contributed by atoms with Gasteiger partial charge in [0.05, 0.1) is 5.56 Å². The van der Waals surface area contributed by atoms with Gasteiger partial charge in [-0.05, 0) is 49.5 Å². The molecule has 0 atom stereocenters. The van der Waals surface area contributed by atoms with Gasteiger partial charge in [0.2, 0.25) is 10.0 Å². The Kier molecular flexibility index (Phi) is 3.60. The number of rotatable bonds is 7. The van der Waals surface area contributed by atoms with Crippen LogP contribution in [-0.4, -0.2) is 26.0 Å². The number of carboxylic acids is 1. The van der Waals surface area contributed by atoms with Crippen molar-refractivity contribution in [1.82, 2.24) is 4.72 Å². The highest BCUT2D eigenvalue weighted by Gasteiger charge is 2.41. The lowest BCUT2D eigenvalue weighted by Gasteiger charge is -2.15. The van der Waals surface area contributed by atoms with Crippen LogP contribution >= 0.6 is 11.3 Å². The summed E-state index contributed by atoms with van der Waals surface area (Å²) in [6.45, 7) is 0.484. The van der Waals surface area contributed by atoms with Gasteiger partial charge < -0.3 is 5.11 Å². The molecule has 2 aliphatic rings. The minimum Gasteiger partial charge on any atom is -0.478 e. The van der Waals surface area contributed by atoms with Crippen LogP contribution in [0.25, 0.3) is 0 Å². The molecule has 0 aromatic carbocycles. The van der Waals surface area contributed by atoms with Gasteiger partial charge in [-0.1, -0.05) is 0 Å². The lowest BCUT2D eigenvalue weighted by molar-refractivity contribution is 0.0697. The summed E-state index contributed by atoms with van der Waals surface area (Å²) in [6.07, 6.45) is 4.85. The Hall–Kier alpha value is -0.920. The van der Waals surface area contributed by atoms with E-state index >= 15 is 0 Å². The van der Waals surface area contributed by atoms with Gasteiger partial charge in [-0.3, -0.25) is 0 Å². The summed E-state index contributed by atoms with van der Waals surface area (Å²) in [6, 6.07) is 1.22. The number of nitrogens with one attached hydrogen (secondary N) is 1. The fourth-order valence-electron chi connectivity index (χ4n) is 2.61. The molecule has 3 rings (SSSR count). The Balaban J connectivity index is 1.66. The standard InChI is InChI=1S/C13H17NO4S2/c15-13(16)10-5-12(19-7-10)20(17,18)14-6-11(8-1-2-8)9-3-4-9/h5,7-9,11,14H,1-4,6H2,(H,15,16). The summed E-state index contributed by atoms with van der Waals surface area (Å²) in [5.41, 5.74) is 0.0244. The smallest absolute Gasteiger partial charge is 0.336 e. The maximum Gasteiger partial charge on any atom is 0.336 e. The van der Waals surface area contributed by atoms with Gasteiger partial charge in [0, 0.05) is 11.9 Å². The highest BCUT2D eigenvalue weighted by atomic mass is 32.2. The molecule has 2 aliphatic carbocycles. The molecule has 7 heteroatoms. The zero-order chi connectivity index (χ0) is 14.3. The van der Waals surface area contributed by atoms with E-state index in [0.29, 0.717) is 24.3 Å². The molecule has 110 valence electrons. The summed E-state index contributed by atoms with van der Waals surface area (Å²) in [5.74, 6) is 0.728. The van der Waals surface area contributed by atoms with E-state index in [4.69, 9.17) is 5.11 Å². The molecule has 0 spiro atoms. The predicted octanol–water partition coefficient (Wildman–Crippen LogP) is 2.16. The largest absolute Gasteiger partial charge is 0.478 e. The van der Waals surface area contributed by atoms with Crippen molar-refractivity contribution in [2.45, 2.75) is 29.9 Å². The molecule has 20 heavy (non-hydrogen) atoms. The van der Waals surface area contributed by atoms with Gasteiger partial charge in [0.25, 0.3) is 0 Å². The predicted molar refractivity (Wildman–Crippen MR) is 75.4 cm³/mol. The molecule has 0 amide bonds. The zero-order valence-corrected chi connectivity index (χ0v) is 12.5. The van der Waals surface area contributed by atoms with Crippen LogP contribution in [-0.2, 0) is 10.0 Å². The Morgan fingerprint density at radius 2 is 1.95 bits per heavy atom. The summed E-state index contributed by atoms with van der Waals surface area (Å²) in [4.78, 5) is 10.8. The maximum atomic E-state index is 12.2. The second-order valence-corrected chi connectivity index (χ2v) is 8.56. The number of carbonyl (C=O) groups is 1. The van der Waals surface area contributed by atoms with Gasteiger partial charge in [-0.2, -0.15) is 0 Å². The highest BCUT2D eigenvalue weighted by Crippen LogP contribution is 2.48. The molecule has 0 bridgehead atoms. The highest BCUT2D eigenvalue weighted by molar-refractivity contribution is 7.91. The number of hydrogen-bond donors (Lipinski definition) is 2. The zero-order valence-electron chi connectivity index (χ0n) is 10.9. The molecule has 0 radical (unpaired) electrons. The summed E-state index contributed by atoms with van der Waals surface area (Å²) in [7, 11) is -3.57. The SMILES string of the molecule is O=C(O)c1csc(S(=O)(=O)NCC(C2CC2)C2CC2)c1. The van der Waals surface area contributed by atoms with Gasteiger partial charge in [-0.25, -0.2) is 17.9 Å². The quantitative estimate of drug-likeness (QED) is 0.807. The van der Waals surface area contributed by atoms with Crippen LogP contribution in [0.2, 0.25) is 0 Å². The van der Waals surface area contributed by atoms with Crippen molar-refractivity contribution < 1.29 is 18.3 Å². The van der Waals surface area contributed by atoms with Crippen molar-refractivity contribution in [3.05, 3.63) is 17.0 Å². The van der Waals surface area contributed by atoms with E-state index in [-0.39, 0.29) is 9.77 Å². The average molecular weight is 315 g/mol. The molecule has 1 heterocycles. The Morgan fingerprint density at radius 3 is 2.40 bits per heavy atom. The van der Waals surface area contributed by atoms with Gasteiger partial charge >= 0.3 is 5.97 Å². The first kappa shape index (κ1) is 14.0. The second-order valence-electron chi connectivity index (χ2n) is 5.65. The van der Waals surface area contributed by atoms with Crippen molar-refractivity contribution in [2.75, 3.05) is 6.54 Å². The van der Waals surface area contributed by atoms with Crippen molar-refractivity contribution in [1.29, 1.82) is 0 Å². The molecule has 0 saturated heterocycles. The first-order valence-corrected chi connectivity index (χ1v) is 9.15. The van der Waals surface area contributed by atoms with E-state index in [0.717, 1.165) is 11.3 Å². The molecule has 2 saturated carbocycles. The van der Waals surface area contributed by atoms with Gasteiger partial charge in [-0.15, -0.1) is 11.3 Å². The lowest BCUT2D eigenvalue weighted by atomic mass is 9.99. The lowest BCUT2D eigenvalue weighted by Crippen LogP contribution is -2.30. The number of thiophene rings is 1. The van der Waals surface area contributed by atoms with E-state index in [1.165, 1.54) is 37.1 Å². The van der Waals surface area contributed by atoms with Crippen LogP contribution < -0.4 is 4.72 Å². The fourth-order valence-corrected chi connectivity index (χ4v) is 4.88. The van der Waals surface area contributed by atoms with Crippen LogP contribution in [0.4, 0.5) is 0 Å². The van der Waals surface area contributed by atoms with Crippen molar-refractivity contribution in [3.63, 3.8) is 0 Å². The number of hydrogen-bond acceptors (Lipinski definition) is 4. The van der Waals surface area contributed by atoms with Crippen LogP contribution in [0.1, 0.15) is 36.0 Å². The number of sulfonamides is 1. The van der Waals surface area contributed by atoms with Crippen LogP contribution in [0.3, 0.4) is 0 Å². The summed E-state index contributed by atoms with van der Waals surface area (Å²) >= 11 is 0.953. The Bertz CT molecular complexity index is 602.